The molecule has 0 bridgehead atoms. The van der Waals surface area contributed by atoms with Crippen LogP contribution in [0.4, 0.5) is 0 Å². The lowest BCUT2D eigenvalue weighted by molar-refractivity contribution is 0.400. The van der Waals surface area contributed by atoms with Gasteiger partial charge in [-0.25, -0.2) is 0 Å². The minimum absolute atomic E-state index is 0.411. The van der Waals surface area contributed by atoms with Crippen molar-refractivity contribution < 1.29 is 0 Å². The van der Waals surface area contributed by atoms with Crippen molar-refractivity contribution in [1.29, 1.82) is 5.26 Å². The van der Waals surface area contributed by atoms with E-state index in [0.717, 1.165) is 38.0 Å². The first-order chi connectivity index (χ1) is 8.52. The largest absolute Gasteiger partial charge is 0.300 e. The van der Waals surface area contributed by atoms with Gasteiger partial charge in [-0.1, -0.05) is 18.5 Å². The van der Waals surface area contributed by atoms with Crippen LogP contribution in [0.2, 0.25) is 5.02 Å². The number of aromatic nitrogens is 2. The van der Waals surface area contributed by atoms with Crippen LogP contribution < -0.4 is 5.32 Å². The lowest BCUT2D eigenvalue weighted by Gasteiger charge is -2.22. The van der Waals surface area contributed by atoms with E-state index in [9.17, 15) is 0 Å². The molecule has 1 atom stereocenters. The van der Waals surface area contributed by atoms with Gasteiger partial charge < -0.3 is 0 Å². The molecule has 0 radical (unpaired) electrons. The van der Waals surface area contributed by atoms with E-state index >= 15 is 0 Å². The summed E-state index contributed by atoms with van der Waals surface area (Å²) in [7, 11) is 0. The lowest BCUT2D eigenvalue weighted by atomic mass is 9.96. The summed E-state index contributed by atoms with van der Waals surface area (Å²) in [4.78, 5) is 0. The summed E-state index contributed by atoms with van der Waals surface area (Å²) in [6.07, 6.45) is 4.52. The number of halogens is 1. The molecule has 0 fully saturated rings. The van der Waals surface area contributed by atoms with Crippen molar-refractivity contribution in [2.75, 3.05) is 6.54 Å². The number of nitrogens with zero attached hydrogens (tertiary/aromatic N) is 3. The van der Waals surface area contributed by atoms with Gasteiger partial charge in [-0.3, -0.25) is 10.00 Å². The highest BCUT2D eigenvalue weighted by Crippen LogP contribution is 2.16. The summed E-state index contributed by atoms with van der Waals surface area (Å²) in [5, 5.41) is 17.3. The average molecular weight is 269 g/mol. The number of nitriles is 1. The van der Waals surface area contributed by atoms with Crippen molar-refractivity contribution in [3.63, 3.8) is 0 Å². The smallest absolute Gasteiger partial charge is 0.103 e. The predicted octanol–water partition coefficient (Wildman–Crippen LogP) is 2.91. The van der Waals surface area contributed by atoms with Crippen LogP contribution in [0.1, 0.15) is 38.8 Å². The van der Waals surface area contributed by atoms with E-state index in [2.05, 4.69) is 16.5 Å². The highest BCUT2D eigenvalue weighted by molar-refractivity contribution is 6.31. The Bertz CT molecular complexity index is 421. The summed E-state index contributed by atoms with van der Waals surface area (Å²) in [6.45, 7) is 7.61. The maximum Gasteiger partial charge on any atom is 0.103 e. The molecule has 1 rings (SSSR count). The Morgan fingerprint density at radius 1 is 1.56 bits per heavy atom. The second-order valence-electron chi connectivity index (χ2n) is 4.73. The molecule has 0 aliphatic heterocycles. The molecule has 0 aromatic carbocycles. The van der Waals surface area contributed by atoms with E-state index in [-0.39, 0.29) is 0 Å². The van der Waals surface area contributed by atoms with Gasteiger partial charge in [0.2, 0.25) is 0 Å². The van der Waals surface area contributed by atoms with Crippen molar-refractivity contribution in [2.45, 2.75) is 52.1 Å². The molecular weight excluding hydrogens is 248 g/mol. The summed E-state index contributed by atoms with van der Waals surface area (Å²) in [6, 6.07) is 2.34. The van der Waals surface area contributed by atoms with E-state index < -0.39 is 5.54 Å². The molecule has 1 N–H and O–H groups in total. The number of aryl methyl sites for hydroxylation is 1. The Labute approximate surface area is 114 Å². The molecule has 18 heavy (non-hydrogen) atoms. The normalized spacial score (nSPS) is 14.2. The van der Waals surface area contributed by atoms with Gasteiger partial charge in [0.05, 0.1) is 23.0 Å². The van der Waals surface area contributed by atoms with Gasteiger partial charge in [-0.05, 0) is 39.7 Å². The first-order valence-electron chi connectivity index (χ1n) is 6.36. The van der Waals surface area contributed by atoms with Crippen molar-refractivity contribution in [3.8, 4) is 6.07 Å². The Morgan fingerprint density at radius 2 is 2.28 bits per heavy atom. The molecule has 1 heterocycles. The van der Waals surface area contributed by atoms with Crippen molar-refractivity contribution in [3.05, 3.63) is 16.9 Å². The molecule has 0 spiro atoms. The summed E-state index contributed by atoms with van der Waals surface area (Å²) >= 11 is 5.94. The Morgan fingerprint density at radius 3 is 2.78 bits per heavy atom. The molecule has 5 heteroatoms. The third-order valence-electron chi connectivity index (χ3n) is 3.15. The average Bonchev–Trinajstić information content (AvgIpc) is 2.67. The highest BCUT2D eigenvalue weighted by atomic mass is 35.5. The van der Waals surface area contributed by atoms with Crippen LogP contribution in [0.5, 0.6) is 0 Å². The zero-order chi connectivity index (χ0) is 13.6. The number of rotatable bonds is 7. The topological polar surface area (TPSA) is 53.6 Å². The van der Waals surface area contributed by atoms with Gasteiger partial charge in [0.1, 0.15) is 5.54 Å². The minimum atomic E-state index is -0.411. The number of unbranched alkanes of at least 4 members (excludes halogenated alkanes) is 1. The van der Waals surface area contributed by atoms with Crippen LogP contribution in [0, 0.1) is 18.3 Å². The van der Waals surface area contributed by atoms with Crippen molar-refractivity contribution in [1.82, 2.24) is 15.1 Å². The van der Waals surface area contributed by atoms with Gasteiger partial charge in [-0.2, -0.15) is 10.4 Å². The summed E-state index contributed by atoms with van der Waals surface area (Å²) in [5.41, 5.74) is 0.595. The van der Waals surface area contributed by atoms with Crippen molar-refractivity contribution >= 4 is 11.6 Å². The van der Waals surface area contributed by atoms with E-state index in [0.29, 0.717) is 5.02 Å². The molecule has 0 aliphatic rings. The zero-order valence-corrected chi connectivity index (χ0v) is 12.1. The lowest BCUT2D eigenvalue weighted by Crippen LogP contribution is -2.40. The molecule has 0 amide bonds. The highest BCUT2D eigenvalue weighted by Gasteiger charge is 2.21. The van der Waals surface area contributed by atoms with E-state index in [1.807, 2.05) is 25.5 Å². The van der Waals surface area contributed by atoms with Gasteiger partial charge >= 0.3 is 0 Å². The van der Waals surface area contributed by atoms with Crippen LogP contribution in [0.25, 0.3) is 0 Å². The fraction of sp³-hybridized carbons (Fsp3) is 0.692. The third kappa shape index (κ3) is 4.01. The van der Waals surface area contributed by atoms with Gasteiger partial charge in [0.15, 0.2) is 0 Å². The van der Waals surface area contributed by atoms with E-state index in [1.165, 1.54) is 0 Å². The van der Waals surface area contributed by atoms with Crippen LogP contribution in [0.3, 0.4) is 0 Å². The fourth-order valence-electron chi connectivity index (χ4n) is 1.96. The third-order valence-corrected chi connectivity index (χ3v) is 3.52. The molecule has 1 unspecified atom stereocenters. The summed E-state index contributed by atoms with van der Waals surface area (Å²) < 4.78 is 1.92. The van der Waals surface area contributed by atoms with E-state index in [4.69, 9.17) is 16.9 Å². The van der Waals surface area contributed by atoms with Gasteiger partial charge in [-0.15, -0.1) is 0 Å². The number of hydrogen-bond donors (Lipinski definition) is 1. The van der Waals surface area contributed by atoms with Gasteiger partial charge in [0, 0.05) is 6.54 Å². The van der Waals surface area contributed by atoms with Crippen molar-refractivity contribution in [2.24, 2.45) is 0 Å². The van der Waals surface area contributed by atoms with Crippen LogP contribution >= 0.6 is 11.6 Å². The number of hydrogen-bond acceptors (Lipinski definition) is 3. The maximum absolute atomic E-state index is 9.13. The fourth-order valence-corrected chi connectivity index (χ4v) is 2.10. The second kappa shape index (κ2) is 6.77. The molecule has 1 aromatic heterocycles. The van der Waals surface area contributed by atoms with Crippen LogP contribution in [0.15, 0.2) is 6.20 Å². The molecule has 4 nitrogen and oxygen atoms in total. The zero-order valence-electron chi connectivity index (χ0n) is 11.3. The molecular formula is C13H21ClN4. The second-order valence-corrected chi connectivity index (χ2v) is 5.14. The molecule has 0 saturated carbocycles. The monoisotopic (exact) mass is 268 g/mol. The molecule has 1 aromatic rings. The van der Waals surface area contributed by atoms with Crippen LogP contribution in [-0.2, 0) is 6.54 Å². The first kappa shape index (κ1) is 15.0. The van der Waals surface area contributed by atoms with Gasteiger partial charge in [0.25, 0.3) is 0 Å². The summed E-state index contributed by atoms with van der Waals surface area (Å²) in [5.74, 6) is 0. The predicted molar refractivity (Wildman–Crippen MR) is 73.5 cm³/mol. The Hall–Kier alpha value is -1.05. The standard InChI is InChI=1S/C13H21ClN4/c1-4-16-13(3,10-15)7-5-6-8-18-11(2)12(14)9-17-18/h9,16H,4-8H2,1-3H3. The maximum atomic E-state index is 9.13. The minimum Gasteiger partial charge on any atom is -0.300 e. The Balaban J connectivity index is 2.35. The van der Waals surface area contributed by atoms with Crippen LogP contribution in [-0.4, -0.2) is 21.9 Å². The Kier molecular flexibility index (Phi) is 5.64. The molecule has 100 valence electrons. The molecule has 0 aliphatic carbocycles. The van der Waals surface area contributed by atoms with E-state index in [1.54, 1.807) is 6.20 Å². The molecule has 0 saturated heterocycles. The quantitative estimate of drug-likeness (QED) is 0.774. The number of nitrogens with one attached hydrogen (secondary N) is 1. The SMILES string of the molecule is CCNC(C)(C#N)CCCCn1ncc(Cl)c1C. The first-order valence-corrected chi connectivity index (χ1v) is 6.74.